The molecule has 2 aliphatic heterocycles. The molecule has 0 spiro atoms. The van der Waals surface area contributed by atoms with E-state index in [0.717, 1.165) is 12.8 Å². The van der Waals surface area contributed by atoms with Crippen molar-refractivity contribution in [2.45, 2.75) is 63.6 Å². The smallest absolute Gasteiger partial charge is 0.410 e. The fraction of sp³-hybridized carbons (Fsp3) is 0.933. The second-order valence-corrected chi connectivity index (χ2v) is 7.31. The third kappa shape index (κ3) is 4.29. The Morgan fingerprint density at radius 3 is 2.32 bits per heavy atom. The number of halogens is 2. The van der Waals surface area contributed by atoms with Crippen LogP contribution >= 0.6 is 0 Å². The highest BCUT2D eigenvalue weighted by Crippen LogP contribution is 2.30. The molecule has 1 unspecified atom stereocenters. The van der Waals surface area contributed by atoms with E-state index >= 15 is 0 Å². The Hall–Kier alpha value is -0.950. The zero-order chi connectivity index (χ0) is 16.5. The fourth-order valence-electron chi connectivity index (χ4n) is 3.03. The molecule has 0 aliphatic carbocycles. The second kappa shape index (κ2) is 6.28. The van der Waals surface area contributed by atoms with Crippen molar-refractivity contribution in [1.29, 1.82) is 0 Å². The van der Waals surface area contributed by atoms with Crippen LogP contribution in [0.25, 0.3) is 0 Å². The minimum atomic E-state index is -2.76. The first-order chi connectivity index (χ1) is 10.1. The molecule has 2 rings (SSSR count). The summed E-state index contributed by atoms with van der Waals surface area (Å²) in [6, 6.07) is -0.869. The molecule has 0 radical (unpaired) electrons. The summed E-state index contributed by atoms with van der Waals surface area (Å²) < 4.78 is 32.2. The van der Waals surface area contributed by atoms with Gasteiger partial charge in [-0.3, -0.25) is 4.90 Å². The summed E-state index contributed by atoms with van der Waals surface area (Å²) in [5.74, 6) is -2.76. The topological polar surface area (TPSA) is 58.8 Å². The van der Waals surface area contributed by atoms with Crippen molar-refractivity contribution in [3.8, 4) is 0 Å². The zero-order valence-electron chi connectivity index (χ0n) is 13.6. The predicted octanol–water partition coefficient (Wildman–Crippen LogP) is 2.05. The molecule has 128 valence electrons. The highest BCUT2D eigenvalue weighted by atomic mass is 19.3. The van der Waals surface area contributed by atoms with Crippen LogP contribution in [-0.2, 0) is 4.74 Å². The van der Waals surface area contributed by atoms with Crippen LogP contribution in [0.4, 0.5) is 13.6 Å². The van der Waals surface area contributed by atoms with Gasteiger partial charge in [-0.1, -0.05) is 0 Å². The van der Waals surface area contributed by atoms with Crippen molar-refractivity contribution in [2.75, 3.05) is 26.2 Å². The second-order valence-electron chi connectivity index (χ2n) is 7.31. The quantitative estimate of drug-likeness (QED) is 0.804. The van der Waals surface area contributed by atoms with E-state index in [-0.39, 0.29) is 25.1 Å². The predicted molar refractivity (Wildman–Crippen MR) is 79.9 cm³/mol. The van der Waals surface area contributed by atoms with E-state index in [1.807, 2.05) is 20.8 Å². The molecular weight excluding hydrogens is 292 g/mol. The van der Waals surface area contributed by atoms with Gasteiger partial charge in [0.05, 0.1) is 6.04 Å². The van der Waals surface area contributed by atoms with E-state index in [4.69, 9.17) is 10.5 Å². The summed E-state index contributed by atoms with van der Waals surface area (Å²) in [4.78, 5) is 15.7. The van der Waals surface area contributed by atoms with Gasteiger partial charge in [0.2, 0.25) is 0 Å². The van der Waals surface area contributed by atoms with Crippen molar-refractivity contribution < 1.29 is 18.3 Å². The maximum atomic E-state index is 13.4. The number of amides is 1. The molecule has 0 bridgehead atoms. The highest BCUT2D eigenvalue weighted by molar-refractivity contribution is 5.68. The maximum Gasteiger partial charge on any atom is 0.410 e. The number of nitrogens with two attached hydrogens (primary N) is 1. The Balaban J connectivity index is 1.82. The first-order valence-corrected chi connectivity index (χ1v) is 7.94. The normalized spacial score (nSPS) is 27.7. The number of nitrogens with zero attached hydrogens (tertiary/aromatic N) is 2. The Morgan fingerprint density at radius 2 is 1.82 bits per heavy atom. The standard InChI is InChI=1S/C15H27F2N3O2/c1-14(2,3)22-13(21)19-7-4-11(5-8-19)20-9-6-15(16,17)12(18)10-20/h11-12H,4-10,18H2,1-3H3. The largest absolute Gasteiger partial charge is 0.444 e. The number of hydrogen-bond acceptors (Lipinski definition) is 4. The molecule has 0 aromatic carbocycles. The number of alkyl halides is 2. The number of carbonyl (C=O) groups is 1. The van der Waals surface area contributed by atoms with Crippen LogP contribution in [0.15, 0.2) is 0 Å². The number of carbonyl (C=O) groups excluding carboxylic acids is 1. The third-order valence-corrected chi connectivity index (χ3v) is 4.34. The SMILES string of the molecule is CC(C)(C)OC(=O)N1CCC(N2CCC(F)(F)C(N)C2)CC1. The Bertz CT molecular complexity index is 404. The average molecular weight is 319 g/mol. The van der Waals surface area contributed by atoms with Gasteiger partial charge in [-0.25, -0.2) is 13.6 Å². The van der Waals surface area contributed by atoms with Crippen LogP contribution in [0.2, 0.25) is 0 Å². The Kier molecular flexibility index (Phi) is 4.96. The summed E-state index contributed by atoms with van der Waals surface area (Å²) in [6.45, 7) is 7.32. The molecule has 0 aromatic rings. The van der Waals surface area contributed by atoms with E-state index in [1.165, 1.54) is 0 Å². The lowest BCUT2D eigenvalue weighted by molar-refractivity contribution is -0.0837. The van der Waals surface area contributed by atoms with Gasteiger partial charge < -0.3 is 15.4 Å². The maximum absolute atomic E-state index is 13.4. The van der Waals surface area contributed by atoms with Gasteiger partial charge in [-0.2, -0.15) is 0 Å². The van der Waals surface area contributed by atoms with Crippen LogP contribution in [0.3, 0.4) is 0 Å². The fourth-order valence-corrected chi connectivity index (χ4v) is 3.03. The number of ether oxygens (including phenoxy) is 1. The molecule has 1 amide bonds. The minimum Gasteiger partial charge on any atom is -0.444 e. The van der Waals surface area contributed by atoms with Gasteiger partial charge in [0, 0.05) is 38.6 Å². The van der Waals surface area contributed by atoms with Crippen LogP contribution in [0.5, 0.6) is 0 Å². The molecule has 5 nitrogen and oxygen atoms in total. The van der Waals surface area contributed by atoms with E-state index in [0.29, 0.717) is 19.6 Å². The summed E-state index contributed by atoms with van der Waals surface area (Å²) in [7, 11) is 0. The molecule has 0 aromatic heterocycles. The molecule has 2 heterocycles. The highest BCUT2D eigenvalue weighted by Gasteiger charge is 2.43. The van der Waals surface area contributed by atoms with Crippen molar-refractivity contribution in [1.82, 2.24) is 9.80 Å². The van der Waals surface area contributed by atoms with Crippen LogP contribution in [-0.4, -0.2) is 65.7 Å². The van der Waals surface area contributed by atoms with Crippen molar-refractivity contribution >= 4 is 6.09 Å². The number of rotatable bonds is 1. The van der Waals surface area contributed by atoms with E-state index < -0.39 is 17.6 Å². The van der Waals surface area contributed by atoms with E-state index in [9.17, 15) is 13.6 Å². The lowest BCUT2D eigenvalue weighted by atomic mass is 9.96. The van der Waals surface area contributed by atoms with Gasteiger partial charge in [-0.05, 0) is 33.6 Å². The van der Waals surface area contributed by atoms with Crippen LogP contribution < -0.4 is 5.73 Å². The molecule has 2 saturated heterocycles. The third-order valence-electron chi connectivity index (χ3n) is 4.34. The first kappa shape index (κ1) is 17.4. The molecule has 1 atom stereocenters. The number of hydrogen-bond donors (Lipinski definition) is 1. The molecule has 2 aliphatic rings. The molecule has 2 fully saturated rings. The average Bonchev–Trinajstić information content (AvgIpc) is 2.40. The molecule has 0 saturated carbocycles. The van der Waals surface area contributed by atoms with E-state index in [1.54, 1.807) is 4.90 Å². The lowest BCUT2D eigenvalue weighted by Crippen LogP contribution is -2.59. The summed E-state index contributed by atoms with van der Waals surface area (Å²) in [5, 5.41) is 0. The summed E-state index contributed by atoms with van der Waals surface area (Å²) >= 11 is 0. The molecular formula is C15H27F2N3O2. The Labute approximate surface area is 130 Å². The minimum absolute atomic E-state index is 0.180. The van der Waals surface area contributed by atoms with Crippen molar-refractivity contribution in [3.63, 3.8) is 0 Å². The number of likely N-dealkylation sites (tertiary alicyclic amines) is 2. The first-order valence-electron chi connectivity index (χ1n) is 7.94. The monoisotopic (exact) mass is 319 g/mol. The number of piperidine rings is 2. The lowest BCUT2D eigenvalue weighted by Gasteiger charge is -2.43. The molecule has 2 N–H and O–H groups in total. The van der Waals surface area contributed by atoms with Gasteiger partial charge in [0.15, 0.2) is 0 Å². The molecule has 7 heteroatoms. The summed E-state index contributed by atoms with van der Waals surface area (Å²) in [6.07, 6.45) is 1.07. The van der Waals surface area contributed by atoms with Gasteiger partial charge in [0.1, 0.15) is 5.60 Å². The zero-order valence-corrected chi connectivity index (χ0v) is 13.6. The van der Waals surface area contributed by atoms with Gasteiger partial charge >= 0.3 is 6.09 Å². The van der Waals surface area contributed by atoms with E-state index in [2.05, 4.69) is 4.90 Å². The van der Waals surface area contributed by atoms with Crippen LogP contribution in [0.1, 0.15) is 40.0 Å². The van der Waals surface area contributed by atoms with Crippen molar-refractivity contribution in [3.05, 3.63) is 0 Å². The van der Waals surface area contributed by atoms with Gasteiger partial charge in [0.25, 0.3) is 5.92 Å². The van der Waals surface area contributed by atoms with Crippen molar-refractivity contribution in [2.24, 2.45) is 5.73 Å². The summed E-state index contributed by atoms with van der Waals surface area (Å²) in [5.41, 5.74) is 5.08. The Morgan fingerprint density at radius 1 is 1.23 bits per heavy atom. The van der Waals surface area contributed by atoms with Gasteiger partial charge in [-0.15, -0.1) is 0 Å². The molecule has 22 heavy (non-hydrogen) atoms. The van der Waals surface area contributed by atoms with Crippen LogP contribution in [0, 0.1) is 0 Å².